The van der Waals surface area contributed by atoms with Gasteiger partial charge in [0.1, 0.15) is 0 Å². The lowest BCUT2D eigenvalue weighted by molar-refractivity contribution is 0.448. The van der Waals surface area contributed by atoms with Gasteiger partial charge in [-0.3, -0.25) is 0 Å². The molecule has 2 nitrogen and oxygen atoms in total. The number of aromatic nitrogens is 1. The first-order valence-corrected chi connectivity index (χ1v) is 6.64. The molecule has 0 aliphatic carbocycles. The highest BCUT2D eigenvalue weighted by atomic mass is 32.1. The summed E-state index contributed by atoms with van der Waals surface area (Å²) in [7, 11) is 0. The number of halogens is 3. The summed E-state index contributed by atoms with van der Waals surface area (Å²) in [6.07, 6.45) is 0. The van der Waals surface area contributed by atoms with Crippen molar-refractivity contribution in [3.05, 3.63) is 53.3 Å². The zero-order chi connectivity index (χ0) is 14.3. The van der Waals surface area contributed by atoms with E-state index in [0.29, 0.717) is 5.13 Å². The molecule has 1 aromatic heterocycles. The first-order valence-electron chi connectivity index (χ1n) is 5.82. The lowest BCUT2D eigenvalue weighted by Crippen LogP contribution is -1.95. The van der Waals surface area contributed by atoms with Crippen LogP contribution in [0, 0.1) is 24.4 Å². The molecule has 0 saturated heterocycles. The van der Waals surface area contributed by atoms with Crippen molar-refractivity contribution in [2.45, 2.75) is 6.92 Å². The standard InChI is InChI=1S/C14H9F3N2S/c1-7-3-2-4-11-13(7)19-14(20-11)18-8-5-9(15)12(17)10(16)6-8/h2-6H,1H3,(H,18,19). The summed E-state index contributed by atoms with van der Waals surface area (Å²) in [5, 5.41) is 3.29. The van der Waals surface area contributed by atoms with Crippen molar-refractivity contribution < 1.29 is 13.2 Å². The van der Waals surface area contributed by atoms with Crippen LogP contribution in [0.15, 0.2) is 30.3 Å². The molecule has 0 aliphatic heterocycles. The molecule has 0 radical (unpaired) electrons. The van der Waals surface area contributed by atoms with Crippen molar-refractivity contribution in [3.8, 4) is 0 Å². The monoisotopic (exact) mass is 294 g/mol. The molecule has 1 heterocycles. The fourth-order valence-electron chi connectivity index (χ4n) is 1.89. The van der Waals surface area contributed by atoms with Gasteiger partial charge in [-0.2, -0.15) is 0 Å². The third-order valence-electron chi connectivity index (χ3n) is 2.86. The number of fused-ring (bicyclic) bond motifs is 1. The van der Waals surface area contributed by atoms with Crippen LogP contribution in [0.4, 0.5) is 24.0 Å². The molecule has 0 unspecified atom stereocenters. The zero-order valence-electron chi connectivity index (χ0n) is 10.4. The SMILES string of the molecule is Cc1cccc2sc(Nc3cc(F)c(F)c(F)c3)nc12. The second-order valence-corrected chi connectivity index (χ2v) is 5.35. The topological polar surface area (TPSA) is 24.9 Å². The minimum Gasteiger partial charge on any atom is -0.331 e. The summed E-state index contributed by atoms with van der Waals surface area (Å²) in [5.74, 6) is -3.94. The van der Waals surface area contributed by atoms with E-state index in [1.165, 1.54) is 11.3 Å². The van der Waals surface area contributed by atoms with Gasteiger partial charge in [0, 0.05) is 17.8 Å². The molecule has 0 bridgehead atoms. The Morgan fingerprint density at radius 2 is 1.80 bits per heavy atom. The number of thiazole rings is 1. The number of rotatable bonds is 2. The van der Waals surface area contributed by atoms with E-state index in [4.69, 9.17) is 0 Å². The molecule has 0 amide bonds. The Labute approximate surface area is 116 Å². The van der Waals surface area contributed by atoms with Crippen molar-refractivity contribution in [3.63, 3.8) is 0 Å². The Kier molecular flexibility index (Phi) is 3.10. The molecule has 0 atom stereocenters. The minimum absolute atomic E-state index is 0.123. The van der Waals surface area contributed by atoms with E-state index in [2.05, 4.69) is 10.3 Å². The van der Waals surface area contributed by atoms with Crippen molar-refractivity contribution in [1.82, 2.24) is 4.98 Å². The third-order valence-corrected chi connectivity index (χ3v) is 3.79. The summed E-state index contributed by atoms with van der Waals surface area (Å²) in [6.45, 7) is 1.93. The minimum atomic E-state index is -1.48. The van der Waals surface area contributed by atoms with Gasteiger partial charge >= 0.3 is 0 Å². The Balaban J connectivity index is 1.99. The highest BCUT2D eigenvalue weighted by molar-refractivity contribution is 7.22. The van der Waals surface area contributed by atoms with Crippen molar-refractivity contribution >= 4 is 32.4 Å². The number of anilines is 2. The van der Waals surface area contributed by atoms with Gasteiger partial charge < -0.3 is 5.32 Å². The van der Waals surface area contributed by atoms with Gasteiger partial charge in [-0.15, -0.1) is 0 Å². The average Bonchev–Trinajstić information content (AvgIpc) is 2.80. The summed E-state index contributed by atoms with van der Waals surface area (Å²) in [6, 6.07) is 7.56. The van der Waals surface area contributed by atoms with Crippen LogP contribution in [0.5, 0.6) is 0 Å². The average molecular weight is 294 g/mol. The van der Waals surface area contributed by atoms with Crippen LogP contribution in [-0.2, 0) is 0 Å². The van der Waals surface area contributed by atoms with Crippen molar-refractivity contribution in [2.24, 2.45) is 0 Å². The molecular formula is C14H9F3N2S. The normalized spacial score (nSPS) is 11.0. The highest BCUT2D eigenvalue weighted by Crippen LogP contribution is 2.30. The third kappa shape index (κ3) is 2.22. The van der Waals surface area contributed by atoms with Gasteiger partial charge in [0.25, 0.3) is 0 Å². The number of benzene rings is 2. The largest absolute Gasteiger partial charge is 0.331 e. The molecule has 20 heavy (non-hydrogen) atoms. The summed E-state index contributed by atoms with van der Waals surface area (Å²) in [5.41, 5.74) is 1.98. The van der Waals surface area contributed by atoms with Gasteiger partial charge in [0.2, 0.25) is 0 Å². The predicted octanol–water partition coefficient (Wildman–Crippen LogP) is 4.77. The molecule has 3 rings (SSSR count). The molecule has 0 fully saturated rings. The lowest BCUT2D eigenvalue weighted by Gasteiger charge is -2.03. The van der Waals surface area contributed by atoms with E-state index in [1.54, 1.807) is 0 Å². The first kappa shape index (κ1) is 12.9. The van der Waals surface area contributed by atoms with Crippen LogP contribution in [0.3, 0.4) is 0 Å². The Bertz CT molecular complexity index is 775. The van der Waals surface area contributed by atoms with E-state index in [9.17, 15) is 13.2 Å². The van der Waals surface area contributed by atoms with Gasteiger partial charge in [-0.05, 0) is 18.6 Å². The number of nitrogens with zero attached hydrogens (tertiary/aromatic N) is 1. The summed E-state index contributed by atoms with van der Waals surface area (Å²) < 4.78 is 40.1. The predicted molar refractivity (Wildman–Crippen MR) is 74.0 cm³/mol. The molecule has 6 heteroatoms. The number of hydrogen-bond acceptors (Lipinski definition) is 3. The van der Waals surface area contributed by atoms with E-state index in [-0.39, 0.29) is 5.69 Å². The smallest absolute Gasteiger partial charge is 0.194 e. The molecule has 0 aliphatic rings. The fourth-order valence-corrected chi connectivity index (χ4v) is 2.85. The quantitative estimate of drug-likeness (QED) is 0.689. The second-order valence-electron chi connectivity index (χ2n) is 4.32. The van der Waals surface area contributed by atoms with E-state index < -0.39 is 17.5 Å². The molecule has 0 spiro atoms. The summed E-state index contributed by atoms with van der Waals surface area (Å²) >= 11 is 1.36. The maximum Gasteiger partial charge on any atom is 0.194 e. The van der Waals surface area contributed by atoms with Crippen LogP contribution < -0.4 is 5.32 Å². The number of para-hydroxylation sites is 1. The van der Waals surface area contributed by atoms with Crippen LogP contribution in [0.2, 0.25) is 0 Å². The highest BCUT2D eigenvalue weighted by Gasteiger charge is 2.12. The molecule has 102 valence electrons. The molecule has 1 N–H and O–H groups in total. The van der Waals surface area contributed by atoms with Gasteiger partial charge in [-0.25, -0.2) is 18.2 Å². The van der Waals surface area contributed by atoms with Crippen molar-refractivity contribution in [2.75, 3.05) is 5.32 Å². The van der Waals surface area contributed by atoms with Crippen LogP contribution in [0.1, 0.15) is 5.56 Å². The van der Waals surface area contributed by atoms with Gasteiger partial charge in [-0.1, -0.05) is 23.5 Å². The van der Waals surface area contributed by atoms with Crippen LogP contribution >= 0.6 is 11.3 Å². The first-order chi connectivity index (χ1) is 9.54. The molecule has 0 saturated carbocycles. The van der Waals surface area contributed by atoms with E-state index >= 15 is 0 Å². The fraction of sp³-hybridized carbons (Fsp3) is 0.0714. The number of nitrogens with one attached hydrogen (secondary N) is 1. The van der Waals surface area contributed by atoms with Gasteiger partial charge in [0.15, 0.2) is 22.6 Å². The van der Waals surface area contributed by atoms with Crippen molar-refractivity contribution in [1.29, 1.82) is 0 Å². The molecular weight excluding hydrogens is 285 g/mol. The van der Waals surface area contributed by atoms with Gasteiger partial charge in [0.05, 0.1) is 10.2 Å². The van der Waals surface area contributed by atoms with Crippen LogP contribution in [0.25, 0.3) is 10.2 Å². The Morgan fingerprint density at radius 1 is 1.10 bits per heavy atom. The van der Waals surface area contributed by atoms with Crippen LogP contribution in [-0.4, -0.2) is 4.98 Å². The zero-order valence-corrected chi connectivity index (χ0v) is 11.2. The van der Waals surface area contributed by atoms with E-state index in [1.807, 2.05) is 25.1 Å². The Hall–Kier alpha value is -2.08. The number of aryl methyl sites for hydroxylation is 1. The summed E-state index contributed by atoms with van der Waals surface area (Å²) in [4.78, 5) is 4.36. The maximum atomic E-state index is 13.1. The lowest BCUT2D eigenvalue weighted by atomic mass is 10.2. The second kappa shape index (κ2) is 4.79. The Morgan fingerprint density at radius 3 is 2.45 bits per heavy atom. The molecule has 3 aromatic rings. The molecule has 2 aromatic carbocycles. The number of hydrogen-bond donors (Lipinski definition) is 1. The van der Waals surface area contributed by atoms with E-state index in [0.717, 1.165) is 27.9 Å². The maximum absolute atomic E-state index is 13.1.